The molecule has 0 spiro atoms. The maximum absolute atomic E-state index is 13.2. The Morgan fingerprint density at radius 1 is 1.21 bits per heavy atom. The number of halogens is 1. The van der Waals surface area contributed by atoms with E-state index in [9.17, 15) is 19.4 Å². The summed E-state index contributed by atoms with van der Waals surface area (Å²) in [7, 11) is 0. The van der Waals surface area contributed by atoms with Gasteiger partial charge in [0.25, 0.3) is 0 Å². The Kier molecular flexibility index (Phi) is 15.5. The maximum Gasteiger partial charge on any atom is 0.207 e. The zero-order valence-electron chi connectivity index (χ0n) is 23.9. The van der Waals surface area contributed by atoms with Gasteiger partial charge in [0.15, 0.2) is 0 Å². The van der Waals surface area contributed by atoms with Crippen molar-refractivity contribution in [3.05, 3.63) is 83.5 Å². The molecule has 39 heavy (non-hydrogen) atoms. The Bertz CT molecular complexity index is 1030. The standard InChI is InChI=1S/C15H20FN3O.C14H19NO2.C2H6/c1-3-14(9-17)15(8-12(2)16)19-6-4-13(5-7-19)10-18-11-20;1-10(14(17)11(2)16)15-8-7-12-5-3-4-6-13(12)9-15;1-2/h3,8,11,13H,1,4-7,10H2,2H3,(H,18,20);3-6,11,14,16-17H,1,7-9H2,2H3;1-2H3/b12-8+,15-14-;;. The van der Waals surface area contributed by atoms with Gasteiger partial charge in [-0.05, 0) is 62.3 Å². The van der Waals surface area contributed by atoms with E-state index in [1.165, 1.54) is 30.2 Å². The number of piperidine rings is 1. The van der Waals surface area contributed by atoms with Gasteiger partial charge in [-0.15, -0.1) is 0 Å². The summed E-state index contributed by atoms with van der Waals surface area (Å²) in [5.74, 6) is 0.0989. The van der Waals surface area contributed by atoms with E-state index in [4.69, 9.17) is 5.26 Å². The molecule has 0 radical (unpaired) electrons. The maximum atomic E-state index is 13.2. The van der Waals surface area contributed by atoms with Crippen LogP contribution in [0.3, 0.4) is 0 Å². The first-order valence-corrected chi connectivity index (χ1v) is 13.6. The number of aliphatic hydroxyl groups excluding tert-OH is 2. The molecule has 3 N–H and O–H groups in total. The number of benzene rings is 1. The topological polar surface area (TPSA) is 99.8 Å². The van der Waals surface area contributed by atoms with Crippen LogP contribution >= 0.6 is 0 Å². The quantitative estimate of drug-likeness (QED) is 0.240. The predicted octanol–water partition coefficient (Wildman–Crippen LogP) is 4.61. The van der Waals surface area contributed by atoms with Crippen molar-refractivity contribution < 1.29 is 19.4 Å². The minimum absolute atomic E-state index is 0.334. The highest BCUT2D eigenvalue weighted by molar-refractivity contribution is 5.45. The Balaban J connectivity index is 0.000000370. The molecule has 1 aromatic carbocycles. The van der Waals surface area contributed by atoms with Crippen LogP contribution in [0.5, 0.6) is 0 Å². The highest BCUT2D eigenvalue weighted by atomic mass is 19.1. The number of rotatable bonds is 9. The van der Waals surface area contributed by atoms with Gasteiger partial charge in [-0.25, -0.2) is 4.39 Å². The first-order chi connectivity index (χ1) is 18.7. The number of nitriles is 1. The van der Waals surface area contributed by atoms with Gasteiger partial charge in [-0.2, -0.15) is 5.26 Å². The van der Waals surface area contributed by atoms with Gasteiger partial charge in [-0.3, -0.25) is 4.79 Å². The Labute approximate surface area is 233 Å². The van der Waals surface area contributed by atoms with E-state index in [1.54, 1.807) is 6.92 Å². The summed E-state index contributed by atoms with van der Waals surface area (Å²) in [4.78, 5) is 14.3. The molecule has 0 aliphatic carbocycles. The number of nitrogens with zero attached hydrogens (tertiary/aromatic N) is 3. The molecule has 2 atom stereocenters. The molecule has 1 aromatic rings. The number of hydrogen-bond acceptors (Lipinski definition) is 6. The SMILES string of the molecule is C=C(C(O)C(C)O)N1CCc2ccccc2C1.C=C/C(C#N)=C(\C=C(/C)F)N1CCC(CNC=O)CC1.CC. The number of nitrogens with one attached hydrogen (secondary N) is 1. The molecule has 1 saturated heterocycles. The van der Waals surface area contributed by atoms with Crippen LogP contribution in [0.25, 0.3) is 0 Å². The average molecular weight is 541 g/mol. The lowest BCUT2D eigenvalue weighted by atomic mass is 9.96. The third-order valence-electron chi connectivity index (χ3n) is 6.72. The van der Waals surface area contributed by atoms with Gasteiger partial charge in [0.05, 0.1) is 23.2 Å². The minimum atomic E-state index is -0.875. The van der Waals surface area contributed by atoms with Crippen molar-refractivity contribution in [3.8, 4) is 6.07 Å². The lowest BCUT2D eigenvalue weighted by molar-refractivity contribution is -0.109. The summed E-state index contributed by atoms with van der Waals surface area (Å²) in [6.07, 6.45) is 4.65. The largest absolute Gasteiger partial charge is 0.390 e. The van der Waals surface area contributed by atoms with Crippen LogP contribution < -0.4 is 5.32 Å². The van der Waals surface area contributed by atoms with Crippen molar-refractivity contribution in [2.75, 3.05) is 26.2 Å². The van der Waals surface area contributed by atoms with Crippen molar-refractivity contribution in [3.63, 3.8) is 0 Å². The molecule has 1 amide bonds. The molecular weight excluding hydrogens is 495 g/mol. The van der Waals surface area contributed by atoms with Gasteiger partial charge >= 0.3 is 0 Å². The van der Waals surface area contributed by atoms with E-state index in [2.05, 4.69) is 30.6 Å². The van der Waals surface area contributed by atoms with E-state index in [-0.39, 0.29) is 5.83 Å². The molecule has 0 aromatic heterocycles. The first-order valence-electron chi connectivity index (χ1n) is 13.6. The summed E-state index contributed by atoms with van der Waals surface area (Å²) in [5.41, 5.74) is 4.21. The molecule has 0 saturated carbocycles. The average Bonchev–Trinajstić information content (AvgIpc) is 2.96. The lowest BCUT2D eigenvalue weighted by Gasteiger charge is -2.34. The summed E-state index contributed by atoms with van der Waals surface area (Å²) < 4.78 is 13.2. The highest BCUT2D eigenvalue weighted by Crippen LogP contribution is 2.24. The van der Waals surface area contributed by atoms with Gasteiger partial charge in [0.1, 0.15) is 12.2 Å². The number of aliphatic hydroxyl groups is 2. The molecule has 7 nitrogen and oxygen atoms in total. The van der Waals surface area contributed by atoms with Crippen LogP contribution in [0.4, 0.5) is 4.39 Å². The fourth-order valence-corrected chi connectivity index (χ4v) is 4.53. The van der Waals surface area contributed by atoms with Crippen LogP contribution in [-0.2, 0) is 17.8 Å². The molecule has 3 rings (SSSR count). The second kappa shape index (κ2) is 18.0. The molecule has 2 aliphatic rings. The van der Waals surface area contributed by atoms with Crippen molar-refractivity contribution in [1.82, 2.24) is 15.1 Å². The fourth-order valence-electron chi connectivity index (χ4n) is 4.53. The molecule has 2 unspecified atom stereocenters. The second-order valence-corrected chi connectivity index (χ2v) is 9.42. The highest BCUT2D eigenvalue weighted by Gasteiger charge is 2.24. The predicted molar refractivity (Wildman–Crippen MR) is 155 cm³/mol. The van der Waals surface area contributed by atoms with Crippen LogP contribution in [0.2, 0.25) is 0 Å². The Morgan fingerprint density at radius 2 is 1.82 bits per heavy atom. The third-order valence-corrected chi connectivity index (χ3v) is 6.72. The van der Waals surface area contributed by atoms with E-state index in [1.807, 2.05) is 41.8 Å². The van der Waals surface area contributed by atoms with E-state index in [0.717, 1.165) is 45.4 Å². The molecule has 214 valence electrons. The van der Waals surface area contributed by atoms with Crippen molar-refractivity contribution in [2.24, 2.45) is 5.92 Å². The minimum Gasteiger partial charge on any atom is -0.390 e. The first kappa shape index (κ1) is 33.6. The number of likely N-dealkylation sites (tertiary alicyclic amines) is 1. The third kappa shape index (κ3) is 10.7. The normalized spacial score (nSPS) is 17.4. The summed E-state index contributed by atoms with van der Waals surface area (Å²) >= 11 is 0. The van der Waals surface area contributed by atoms with Crippen LogP contribution in [0.15, 0.2) is 72.4 Å². The van der Waals surface area contributed by atoms with Gasteiger partial charge < -0.3 is 25.3 Å². The van der Waals surface area contributed by atoms with Gasteiger partial charge in [-0.1, -0.05) is 51.3 Å². The number of carbonyl (C=O) groups is 1. The fraction of sp³-hybridized carbons (Fsp3) is 0.484. The Hall–Kier alpha value is -3.41. The summed E-state index contributed by atoms with van der Waals surface area (Å²) in [6.45, 7) is 18.2. The molecule has 2 aliphatic heterocycles. The number of hydrogen-bond donors (Lipinski definition) is 3. The van der Waals surface area contributed by atoms with Crippen molar-refractivity contribution >= 4 is 6.41 Å². The zero-order chi connectivity index (χ0) is 29.4. The van der Waals surface area contributed by atoms with Crippen LogP contribution in [0, 0.1) is 17.2 Å². The van der Waals surface area contributed by atoms with Crippen molar-refractivity contribution in [2.45, 2.75) is 65.7 Å². The summed E-state index contributed by atoms with van der Waals surface area (Å²) in [5, 5.41) is 31.0. The van der Waals surface area contributed by atoms with E-state index < -0.39 is 12.2 Å². The number of fused-ring (bicyclic) bond motifs is 1. The summed E-state index contributed by atoms with van der Waals surface area (Å²) in [6, 6.07) is 10.4. The molecular formula is C31H45FN4O3. The molecule has 1 fully saturated rings. The molecule has 2 heterocycles. The smallest absolute Gasteiger partial charge is 0.207 e. The second-order valence-electron chi connectivity index (χ2n) is 9.42. The van der Waals surface area contributed by atoms with Gasteiger partial charge in [0.2, 0.25) is 6.41 Å². The van der Waals surface area contributed by atoms with E-state index >= 15 is 0 Å². The molecule has 8 heteroatoms. The van der Waals surface area contributed by atoms with Crippen LogP contribution in [0.1, 0.15) is 51.7 Å². The van der Waals surface area contributed by atoms with Crippen molar-refractivity contribution in [1.29, 1.82) is 5.26 Å². The van der Waals surface area contributed by atoms with Crippen LogP contribution in [-0.4, -0.2) is 64.8 Å². The number of carbonyl (C=O) groups excluding carboxylic acids is 1. The number of allylic oxidation sites excluding steroid dienone is 4. The Morgan fingerprint density at radius 3 is 2.33 bits per heavy atom. The number of amides is 1. The molecule has 0 bridgehead atoms. The van der Waals surface area contributed by atoms with Gasteiger partial charge in [0, 0.05) is 38.4 Å². The van der Waals surface area contributed by atoms with E-state index in [0.29, 0.717) is 35.8 Å². The zero-order valence-corrected chi connectivity index (χ0v) is 23.9. The monoisotopic (exact) mass is 540 g/mol. The lowest BCUT2D eigenvalue weighted by Crippen LogP contribution is -2.38.